The van der Waals surface area contributed by atoms with E-state index in [1.54, 1.807) is 32.1 Å². The number of amides is 2. The lowest BCUT2D eigenvalue weighted by molar-refractivity contribution is -0.130. The molecule has 20 heavy (non-hydrogen) atoms. The quantitative estimate of drug-likeness (QED) is 0.770. The highest BCUT2D eigenvalue weighted by Gasteiger charge is 2.13. The summed E-state index contributed by atoms with van der Waals surface area (Å²) in [4.78, 5) is 26.6. The second-order valence-corrected chi connectivity index (χ2v) is 5.05. The summed E-state index contributed by atoms with van der Waals surface area (Å²) < 4.78 is 0. The molecule has 0 aliphatic heterocycles. The lowest BCUT2D eigenvalue weighted by Gasteiger charge is -2.19. The Morgan fingerprint density at radius 3 is 2.40 bits per heavy atom. The number of nitrogens with two attached hydrogens (primary N) is 1. The summed E-state index contributed by atoms with van der Waals surface area (Å²) >= 11 is 0. The van der Waals surface area contributed by atoms with Gasteiger partial charge in [0.25, 0.3) is 0 Å². The number of hydrogen-bond acceptors (Lipinski definition) is 4. The van der Waals surface area contributed by atoms with E-state index in [0.717, 1.165) is 5.56 Å². The topological polar surface area (TPSA) is 78.7 Å². The van der Waals surface area contributed by atoms with Crippen molar-refractivity contribution >= 4 is 23.2 Å². The zero-order valence-electron chi connectivity index (χ0n) is 12.4. The van der Waals surface area contributed by atoms with Crippen LogP contribution >= 0.6 is 0 Å². The fourth-order valence-electron chi connectivity index (χ4n) is 1.71. The second-order valence-electron chi connectivity index (χ2n) is 5.05. The molecule has 1 aromatic rings. The average molecular weight is 278 g/mol. The maximum absolute atomic E-state index is 11.9. The molecule has 0 atom stereocenters. The van der Waals surface area contributed by atoms with Gasteiger partial charge in [0.15, 0.2) is 0 Å². The first-order valence-corrected chi connectivity index (χ1v) is 6.35. The predicted octanol–water partition coefficient (Wildman–Crippen LogP) is 0.536. The highest BCUT2D eigenvalue weighted by molar-refractivity contribution is 5.96. The Hall–Kier alpha value is -2.08. The molecule has 0 aromatic heterocycles. The highest BCUT2D eigenvalue weighted by Crippen LogP contribution is 2.22. The number of carbonyl (C=O) groups is 2. The summed E-state index contributed by atoms with van der Waals surface area (Å²) in [5, 5.41) is 2.78. The largest absolute Gasteiger partial charge is 0.397 e. The van der Waals surface area contributed by atoms with E-state index in [1.807, 2.05) is 19.1 Å². The molecule has 0 bridgehead atoms. The number of para-hydroxylation sites is 1. The average Bonchev–Trinajstić information content (AvgIpc) is 2.33. The molecule has 110 valence electrons. The molecular formula is C14H22N4O2. The third kappa shape index (κ3) is 4.55. The number of hydrogen-bond donors (Lipinski definition) is 2. The normalized spacial score (nSPS) is 10.4. The van der Waals surface area contributed by atoms with E-state index in [9.17, 15) is 9.59 Å². The van der Waals surface area contributed by atoms with Crippen molar-refractivity contribution in [3.05, 3.63) is 23.8 Å². The van der Waals surface area contributed by atoms with Gasteiger partial charge in [0.05, 0.1) is 24.5 Å². The Labute approximate surface area is 119 Å². The van der Waals surface area contributed by atoms with Crippen molar-refractivity contribution in [2.75, 3.05) is 45.3 Å². The molecular weight excluding hydrogens is 256 g/mol. The van der Waals surface area contributed by atoms with Crippen molar-refractivity contribution in [3.8, 4) is 0 Å². The van der Waals surface area contributed by atoms with Crippen LogP contribution in [0.3, 0.4) is 0 Å². The van der Waals surface area contributed by atoms with Crippen LogP contribution < -0.4 is 11.1 Å². The minimum Gasteiger partial charge on any atom is -0.397 e. The summed E-state index contributed by atoms with van der Waals surface area (Å²) in [6.07, 6.45) is 0. The Morgan fingerprint density at radius 1 is 1.20 bits per heavy atom. The van der Waals surface area contributed by atoms with Crippen molar-refractivity contribution in [1.29, 1.82) is 0 Å². The Bertz CT molecular complexity index is 480. The summed E-state index contributed by atoms with van der Waals surface area (Å²) in [6, 6.07) is 5.45. The number of nitrogen functional groups attached to an aromatic ring is 1. The molecule has 0 unspecified atom stereocenters. The number of nitrogens with one attached hydrogen (secondary N) is 1. The first-order valence-electron chi connectivity index (χ1n) is 6.35. The molecule has 1 rings (SSSR count). The van der Waals surface area contributed by atoms with Gasteiger partial charge in [-0.2, -0.15) is 0 Å². The Morgan fingerprint density at radius 2 is 1.85 bits per heavy atom. The minimum absolute atomic E-state index is 0.0456. The van der Waals surface area contributed by atoms with Gasteiger partial charge in [-0.3, -0.25) is 14.5 Å². The van der Waals surface area contributed by atoms with E-state index < -0.39 is 0 Å². The molecule has 6 heteroatoms. The first-order chi connectivity index (χ1) is 9.31. The number of nitrogens with zero attached hydrogens (tertiary/aromatic N) is 2. The van der Waals surface area contributed by atoms with Crippen LogP contribution in [0.25, 0.3) is 0 Å². The zero-order chi connectivity index (χ0) is 15.3. The van der Waals surface area contributed by atoms with Crippen molar-refractivity contribution < 1.29 is 9.59 Å². The molecule has 0 aliphatic rings. The third-order valence-corrected chi connectivity index (χ3v) is 2.89. The lowest BCUT2D eigenvalue weighted by Crippen LogP contribution is -2.38. The SMILES string of the molecule is Cc1cccc(N)c1NC(=O)CN(C)CC(=O)N(C)C. The van der Waals surface area contributed by atoms with Gasteiger partial charge in [0.1, 0.15) is 0 Å². The number of benzene rings is 1. The summed E-state index contributed by atoms with van der Waals surface area (Å²) in [5.74, 6) is -0.240. The molecule has 0 saturated heterocycles. The van der Waals surface area contributed by atoms with Gasteiger partial charge in [-0.25, -0.2) is 0 Å². The van der Waals surface area contributed by atoms with Gasteiger partial charge in [-0.15, -0.1) is 0 Å². The van der Waals surface area contributed by atoms with Gasteiger partial charge < -0.3 is 16.0 Å². The van der Waals surface area contributed by atoms with Crippen molar-refractivity contribution in [2.45, 2.75) is 6.92 Å². The fourth-order valence-corrected chi connectivity index (χ4v) is 1.71. The summed E-state index contributed by atoms with van der Waals surface area (Å²) in [7, 11) is 5.09. The monoisotopic (exact) mass is 278 g/mol. The molecule has 3 N–H and O–H groups in total. The van der Waals surface area contributed by atoms with Gasteiger partial charge in [-0.1, -0.05) is 12.1 Å². The second kappa shape index (κ2) is 6.91. The van der Waals surface area contributed by atoms with Crippen molar-refractivity contribution in [3.63, 3.8) is 0 Å². The molecule has 0 saturated carbocycles. The maximum atomic E-state index is 11.9. The van der Waals surface area contributed by atoms with Crippen molar-refractivity contribution in [2.24, 2.45) is 0 Å². The molecule has 0 spiro atoms. The van der Waals surface area contributed by atoms with Crippen LogP contribution in [0.2, 0.25) is 0 Å². The third-order valence-electron chi connectivity index (χ3n) is 2.89. The molecule has 6 nitrogen and oxygen atoms in total. The number of likely N-dealkylation sites (N-methyl/N-ethyl adjacent to an activating group) is 2. The van der Waals surface area contributed by atoms with Gasteiger partial charge in [0.2, 0.25) is 11.8 Å². The van der Waals surface area contributed by atoms with Crippen LogP contribution in [0, 0.1) is 6.92 Å². The minimum atomic E-state index is -0.194. The van der Waals surface area contributed by atoms with E-state index in [-0.39, 0.29) is 24.9 Å². The Kier molecular flexibility index (Phi) is 5.52. The molecule has 0 heterocycles. The van der Waals surface area contributed by atoms with E-state index >= 15 is 0 Å². The molecule has 2 amide bonds. The van der Waals surface area contributed by atoms with Gasteiger partial charge in [0, 0.05) is 14.1 Å². The van der Waals surface area contributed by atoms with Gasteiger partial charge in [-0.05, 0) is 25.6 Å². The molecule has 0 radical (unpaired) electrons. The first kappa shape index (κ1) is 16.0. The standard InChI is InChI=1S/C14H22N4O2/c1-10-6-5-7-11(15)14(10)16-12(19)8-18(4)9-13(20)17(2)3/h5-7H,8-9,15H2,1-4H3,(H,16,19). The van der Waals surface area contributed by atoms with Crippen LogP contribution in [0.15, 0.2) is 18.2 Å². The fraction of sp³-hybridized carbons (Fsp3) is 0.429. The predicted molar refractivity (Wildman–Crippen MR) is 80.4 cm³/mol. The van der Waals surface area contributed by atoms with Crippen LogP contribution in [0.4, 0.5) is 11.4 Å². The van der Waals surface area contributed by atoms with E-state index in [2.05, 4.69) is 5.32 Å². The number of aryl methyl sites for hydroxylation is 1. The van der Waals surface area contributed by atoms with E-state index in [1.165, 1.54) is 4.90 Å². The Balaban J connectivity index is 2.58. The van der Waals surface area contributed by atoms with Crippen LogP contribution in [-0.4, -0.2) is 55.8 Å². The van der Waals surface area contributed by atoms with Gasteiger partial charge >= 0.3 is 0 Å². The molecule has 0 aliphatic carbocycles. The highest BCUT2D eigenvalue weighted by atomic mass is 16.2. The van der Waals surface area contributed by atoms with Crippen molar-refractivity contribution in [1.82, 2.24) is 9.80 Å². The van der Waals surface area contributed by atoms with Crippen LogP contribution in [0.5, 0.6) is 0 Å². The molecule has 0 fully saturated rings. The summed E-state index contributed by atoms with van der Waals surface area (Å²) in [6.45, 7) is 2.21. The summed E-state index contributed by atoms with van der Waals surface area (Å²) in [5.41, 5.74) is 7.90. The maximum Gasteiger partial charge on any atom is 0.238 e. The lowest BCUT2D eigenvalue weighted by atomic mass is 10.1. The zero-order valence-corrected chi connectivity index (χ0v) is 12.4. The van der Waals surface area contributed by atoms with Crippen LogP contribution in [-0.2, 0) is 9.59 Å². The van der Waals surface area contributed by atoms with E-state index in [0.29, 0.717) is 11.4 Å². The van der Waals surface area contributed by atoms with Crippen LogP contribution in [0.1, 0.15) is 5.56 Å². The number of anilines is 2. The molecule has 1 aromatic carbocycles. The smallest absolute Gasteiger partial charge is 0.238 e. The van der Waals surface area contributed by atoms with E-state index in [4.69, 9.17) is 5.73 Å². The number of rotatable bonds is 5. The number of carbonyl (C=O) groups excluding carboxylic acids is 2.